The summed E-state index contributed by atoms with van der Waals surface area (Å²) < 4.78 is 0. The number of anilines is 1. The molecule has 0 aliphatic carbocycles. The van der Waals surface area contributed by atoms with Crippen LogP contribution in [-0.4, -0.2) is 11.8 Å². The smallest absolute Gasteiger partial charge is 0.226 e. The van der Waals surface area contributed by atoms with Crippen molar-refractivity contribution in [1.82, 2.24) is 5.32 Å². The Hall–Kier alpha value is -2.33. The van der Waals surface area contributed by atoms with Crippen molar-refractivity contribution in [2.45, 2.75) is 26.8 Å². The standard InChI is InChI=1S/C19H21ClN2O2/c1-13(2)19(24)22-16-9-7-14(8-10-16)12-21-18(23)11-15-5-3-4-6-17(15)20/h3-10,13H,11-12H2,1-2H3,(H,21,23)(H,22,24). The second kappa shape index (κ2) is 8.50. The van der Waals surface area contributed by atoms with E-state index >= 15 is 0 Å². The van der Waals surface area contributed by atoms with Crippen molar-refractivity contribution >= 4 is 29.1 Å². The van der Waals surface area contributed by atoms with Crippen LogP contribution >= 0.6 is 11.6 Å². The van der Waals surface area contributed by atoms with E-state index in [0.29, 0.717) is 11.6 Å². The molecule has 0 aliphatic rings. The average Bonchev–Trinajstić information content (AvgIpc) is 2.56. The maximum Gasteiger partial charge on any atom is 0.226 e. The van der Waals surface area contributed by atoms with E-state index in [4.69, 9.17) is 11.6 Å². The van der Waals surface area contributed by atoms with E-state index in [-0.39, 0.29) is 24.2 Å². The predicted octanol–water partition coefficient (Wildman–Crippen LogP) is 3.79. The van der Waals surface area contributed by atoms with Crippen LogP contribution in [0.25, 0.3) is 0 Å². The molecule has 0 aromatic heterocycles. The highest BCUT2D eigenvalue weighted by molar-refractivity contribution is 6.31. The minimum atomic E-state index is -0.0831. The molecule has 4 nitrogen and oxygen atoms in total. The van der Waals surface area contributed by atoms with Gasteiger partial charge in [0, 0.05) is 23.2 Å². The van der Waals surface area contributed by atoms with Gasteiger partial charge in [-0.2, -0.15) is 0 Å². The third-order valence-electron chi connectivity index (χ3n) is 3.54. The molecule has 0 fully saturated rings. The molecule has 0 saturated carbocycles. The highest BCUT2D eigenvalue weighted by Gasteiger charge is 2.08. The van der Waals surface area contributed by atoms with E-state index in [1.165, 1.54) is 0 Å². The molecule has 0 bridgehead atoms. The van der Waals surface area contributed by atoms with Crippen molar-refractivity contribution in [2.24, 2.45) is 5.92 Å². The fraction of sp³-hybridized carbons (Fsp3) is 0.263. The first-order valence-electron chi connectivity index (χ1n) is 7.85. The number of hydrogen-bond acceptors (Lipinski definition) is 2. The van der Waals surface area contributed by atoms with Crippen LogP contribution in [0.5, 0.6) is 0 Å². The van der Waals surface area contributed by atoms with E-state index in [2.05, 4.69) is 10.6 Å². The Kier molecular flexibility index (Phi) is 6.38. The Bertz CT molecular complexity index is 712. The number of carbonyl (C=O) groups is 2. The van der Waals surface area contributed by atoms with Gasteiger partial charge in [-0.3, -0.25) is 9.59 Å². The van der Waals surface area contributed by atoms with Crippen molar-refractivity contribution in [3.05, 3.63) is 64.7 Å². The molecule has 2 amide bonds. The van der Waals surface area contributed by atoms with Gasteiger partial charge < -0.3 is 10.6 Å². The first kappa shape index (κ1) is 18.0. The van der Waals surface area contributed by atoms with Crippen LogP contribution in [0, 0.1) is 5.92 Å². The van der Waals surface area contributed by atoms with Gasteiger partial charge in [0.15, 0.2) is 0 Å². The molecular formula is C19H21ClN2O2. The van der Waals surface area contributed by atoms with E-state index in [0.717, 1.165) is 16.8 Å². The van der Waals surface area contributed by atoms with E-state index in [9.17, 15) is 9.59 Å². The highest BCUT2D eigenvalue weighted by Crippen LogP contribution is 2.15. The second-order valence-electron chi connectivity index (χ2n) is 5.89. The molecule has 2 aromatic rings. The first-order valence-corrected chi connectivity index (χ1v) is 8.23. The Morgan fingerprint density at radius 2 is 1.71 bits per heavy atom. The van der Waals surface area contributed by atoms with Crippen LogP contribution in [0.1, 0.15) is 25.0 Å². The summed E-state index contributed by atoms with van der Waals surface area (Å²) in [6, 6.07) is 14.7. The molecule has 2 N–H and O–H groups in total. The summed E-state index contributed by atoms with van der Waals surface area (Å²) in [6.45, 7) is 4.12. The molecule has 0 heterocycles. The first-order chi connectivity index (χ1) is 11.5. The molecule has 0 aliphatic heterocycles. The molecule has 5 heteroatoms. The fourth-order valence-electron chi connectivity index (χ4n) is 2.07. The Morgan fingerprint density at radius 1 is 1.04 bits per heavy atom. The lowest BCUT2D eigenvalue weighted by Gasteiger charge is -2.09. The van der Waals surface area contributed by atoms with E-state index < -0.39 is 0 Å². The fourth-order valence-corrected chi connectivity index (χ4v) is 2.27. The lowest BCUT2D eigenvalue weighted by atomic mass is 10.1. The minimum Gasteiger partial charge on any atom is -0.352 e. The Balaban J connectivity index is 1.85. The summed E-state index contributed by atoms with van der Waals surface area (Å²) in [5, 5.41) is 6.29. The van der Waals surface area contributed by atoms with Gasteiger partial charge in [-0.15, -0.1) is 0 Å². The topological polar surface area (TPSA) is 58.2 Å². The second-order valence-corrected chi connectivity index (χ2v) is 6.29. The van der Waals surface area contributed by atoms with Crippen LogP contribution in [0.15, 0.2) is 48.5 Å². The number of rotatable bonds is 6. The molecule has 0 saturated heterocycles. The van der Waals surface area contributed by atoms with Crippen LogP contribution < -0.4 is 10.6 Å². The van der Waals surface area contributed by atoms with Gasteiger partial charge in [0.05, 0.1) is 6.42 Å². The number of halogens is 1. The quantitative estimate of drug-likeness (QED) is 0.837. The van der Waals surface area contributed by atoms with Gasteiger partial charge in [-0.1, -0.05) is 55.8 Å². The van der Waals surface area contributed by atoms with Crippen molar-refractivity contribution in [3.63, 3.8) is 0 Å². The number of hydrogen-bond donors (Lipinski definition) is 2. The normalized spacial score (nSPS) is 10.5. The zero-order valence-corrected chi connectivity index (χ0v) is 14.6. The summed E-state index contributed by atoms with van der Waals surface area (Å²) in [5.41, 5.74) is 2.52. The van der Waals surface area contributed by atoms with Crippen LogP contribution in [0.2, 0.25) is 5.02 Å². The molecule has 0 spiro atoms. The summed E-state index contributed by atoms with van der Waals surface area (Å²) >= 11 is 6.05. The summed E-state index contributed by atoms with van der Waals surface area (Å²) in [5.74, 6) is -0.162. The lowest BCUT2D eigenvalue weighted by Crippen LogP contribution is -2.24. The van der Waals surface area contributed by atoms with Crippen molar-refractivity contribution in [3.8, 4) is 0 Å². The molecule has 0 atom stereocenters. The van der Waals surface area contributed by atoms with Gasteiger partial charge in [0.25, 0.3) is 0 Å². The predicted molar refractivity (Wildman–Crippen MR) is 96.9 cm³/mol. The highest BCUT2D eigenvalue weighted by atomic mass is 35.5. The Morgan fingerprint density at radius 3 is 2.33 bits per heavy atom. The number of benzene rings is 2. The molecule has 24 heavy (non-hydrogen) atoms. The maximum absolute atomic E-state index is 12.0. The van der Waals surface area contributed by atoms with Crippen LogP contribution in [0.3, 0.4) is 0 Å². The molecule has 2 rings (SSSR count). The van der Waals surface area contributed by atoms with Gasteiger partial charge in [0.2, 0.25) is 11.8 Å². The van der Waals surface area contributed by atoms with Crippen molar-refractivity contribution in [2.75, 3.05) is 5.32 Å². The summed E-state index contributed by atoms with van der Waals surface area (Å²) in [7, 11) is 0. The van der Waals surface area contributed by atoms with Gasteiger partial charge in [-0.05, 0) is 29.3 Å². The maximum atomic E-state index is 12.0. The number of carbonyl (C=O) groups excluding carboxylic acids is 2. The van der Waals surface area contributed by atoms with E-state index in [1.807, 2.05) is 56.3 Å². The molecular weight excluding hydrogens is 324 g/mol. The molecule has 0 unspecified atom stereocenters. The summed E-state index contributed by atoms with van der Waals surface area (Å²) in [4.78, 5) is 23.6. The van der Waals surface area contributed by atoms with Crippen molar-refractivity contribution in [1.29, 1.82) is 0 Å². The average molecular weight is 345 g/mol. The van der Waals surface area contributed by atoms with Gasteiger partial charge in [0.1, 0.15) is 0 Å². The van der Waals surface area contributed by atoms with Crippen LogP contribution in [-0.2, 0) is 22.6 Å². The number of amides is 2. The third kappa shape index (κ3) is 5.39. The number of nitrogens with one attached hydrogen (secondary N) is 2. The SMILES string of the molecule is CC(C)C(=O)Nc1ccc(CNC(=O)Cc2ccccc2Cl)cc1. The van der Waals surface area contributed by atoms with Gasteiger partial charge in [-0.25, -0.2) is 0 Å². The monoisotopic (exact) mass is 344 g/mol. The largest absolute Gasteiger partial charge is 0.352 e. The third-order valence-corrected chi connectivity index (χ3v) is 3.91. The van der Waals surface area contributed by atoms with E-state index in [1.54, 1.807) is 6.07 Å². The zero-order chi connectivity index (χ0) is 17.5. The zero-order valence-electron chi connectivity index (χ0n) is 13.8. The molecule has 2 aromatic carbocycles. The van der Waals surface area contributed by atoms with Crippen molar-refractivity contribution < 1.29 is 9.59 Å². The van der Waals surface area contributed by atoms with Crippen LogP contribution in [0.4, 0.5) is 5.69 Å². The Labute approximate surface area is 147 Å². The molecule has 126 valence electrons. The summed E-state index contributed by atoms with van der Waals surface area (Å²) in [6.07, 6.45) is 0.252. The molecule has 0 radical (unpaired) electrons. The minimum absolute atomic E-state index is 0.0178. The van der Waals surface area contributed by atoms with Gasteiger partial charge >= 0.3 is 0 Å². The lowest BCUT2D eigenvalue weighted by molar-refractivity contribution is -0.120.